The molecule has 3 aliphatic heterocycles. The molecule has 2 N–H and O–H groups in total. The Bertz CT molecular complexity index is 340. The van der Waals surface area contributed by atoms with Crippen molar-refractivity contribution in [1.29, 1.82) is 0 Å². The molecule has 0 aliphatic carbocycles. The van der Waals surface area contributed by atoms with E-state index in [1.165, 1.54) is 45.7 Å². The molecule has 3 fully saturated rings. The van der Waals surface area contributed by atoms with Crippen molar-refractivity contribution in [2.24, 2.45) is 5.92 Å². The smallest absolute Gasteiger partial charge is 0.0558 e. The molecule has 3 aliphatic rings. The molecule has 0 saturated carbocycles. The summed E-state index contributed by atoms with van der Waals surface area (Å²) in [5, 5.41) is 12.7. The average molecular weight is 326 g/mol. The first kappa shape index (κ1) is 17.6. The first-order valence-corrected chi connectivity index (χ1v) is 9.45. The Morgan fingerprint density at radius 2 is 1.65 bits per heavy atom. The summed E-state index contributed by atoms with van der Waals surface area (Å²) in [6, 6.07) is 0.694. The van der Waals surface area contributed by atoms with E-state index in [4.69, 9.17) is 5.11 Å². The first-order chi connectivity index (χ1) is 11.3. The van der Waals surface area contributed by atoms with Crippen LogP contribution in [-0.2, 0) is 0 Å². The van der Waals surface area contributed by atoms with Crippen molar-refractivity contribution in [3.8, 4) is 0 Å². The van der Waals surface area contributed by atoms with Crippen molar-refractivity contribution in [2.75, 3.05) is 92.2 Å². The normalized spacial score (nSPS) is 33.1. The monoisotopic (exact) mass is 325 g/mol. The first-order valence-electron chi connectivity index (χ1n) is 9.45. The quantitative estimate of drug-likeness (QED) is 0.664. The summed E-state index contributed by atoms with van der Waals surface area (Å²) >= 11 is 0. The number of aliphatic hydroxyl groups is 1. The van der Waals surface area contributed by atoms with Crippen LogP contribution < -0.4 is 5.32 Å². The summed E-state index contributed by atoms with van der Waals surface area (Å²) in [5.74, 6) is 0.809. The minimum absolute atomic E-state index is 0.289. The Morgan fingerprint density at radius 1 is 0.957 bits per heavy atom. The molecule has 3 rings (SSSR count). The summed E-state index contributed by atoms with van der Waals surface area (Å²) < 4.78 is 0. The lowest BCUT2D eigenvalue weighted by Crippen LogP contribution is -2.59. The molecular formula is C17H35N5O. The Balaban J connectivity index is 1.50. The lowest BCUT2D eigenvalue weighted by atomic mass is 9.90. The van der Waals surface area contributed by atoms with Crippen molar-refractivity contribution in [1.82, 2.24) is 24.9 Å². The molecule has 0 aromatic rings. The van der Waals surface area contributed by atoms with Crippen LogP contribution in [-0.4, -0.2) is 123 Å². The van der Waals surface area contributed by atoms with E-state index in [1.807, 2.05) is 0 Å². The number of hydrogen-bond acceptors (Lipinski definition) is 6. The van der Waals surface area contributed by atoms with Gasteiger partial charge in [-0.1, -0.05) is 0 Å². The maximum atomic E-state index is 9.10. The van der Waals surface area contributed by atoms with Gasteiger partial charge in [-0.3, -0.25) is 9.80 Å². The summed E-state index contributed by atoms with van der Waals surface area (Å²) in [7, 11) is 2.23. The maximum Gasteiger partial charge on any atom is 0.0558 e. The molecule has 3 heterocycles. The molecule has 23 heavy (non-hydrogen) atoms. The molecule has 0 amide bonds. The molecule has 0 aromatic heterocycles. The van der Waals surface area contributed by atoms with Gasteiger partial charge >= 0.3 is 0 Å². The number of nitrogens with zero attached hydrogens (tertiary/aromatic N) is 4. The molecule has 3 saturated heterocycles. The van der Waals surface area contributed by atoms with E-state index in [9.17, 15) is 0 Å². The number of nitrogens with one attached hydrogen (secondary N) is 1. The highest BCUT2D eigenvalue weighted by molar-refractivity contribution is 4.90. The third kappa shape index (κ3) is 4.87. The van der Waals surface area contributed by atoms with Crippen LogP contribution in [0.25, 0.3) is 0 Å². The van der Waals surface area contributed by atoms with E-state index in [1.54, 1.807) is 0 Å². The van der Waals surface area contributed by atoms with E-state index in [-0.39, 0.29) is 6.61 Å². The number of piperidine rings is 1. The van der Waals surface area contributed by atoms with Gasteiger partial charge in [0.05, 0.1) is 6.61 Å². The summed E-state index contributed by atoms with van der Waals surface area (Å²) in [4.78, 5) is 10.2. The van der Waals surface area contributed by atoms with Gasteiger partial charge in [0.1, 0.15) is 0 Å². The molecule has 0 radical (unpaired) electrons. The molecule has 2 unspecified atom stereocenters. The highest BCUT2D eigenvalue weighted by Gasteiger charge is 2.33. The van der Waals surface area contributed by atoms with Gasteiger partial charge in [-0.15, -0.1) is 0 Å². The number of β-amino-alcohol motifs (C(OH)–C–C–N with tert-alkyl or cyclic N) is 1. The van der Waals surface area contributed by atoms with Crippen LogP contribution in [0.2, 0.25) is 0 Å². The van der Waals surface area contributed by atoms with Gasteiger partial charge in [0.25, 0.3) is 0 Å². The lowest BCUT2D eigenvalue weighted by Gasteiger charge is -2.46. The minimum atomic E-state index is 0.289. The van der Waals surface area contributed by atoms with Gasteiger partial charge in [-0.25, -0.2) is 0 Å². The second kappa shape index (κ2) is 8.74. The number of hydrogen-bond donors (Lipinski definition) is 2. The second-order valence-electron chi connectivity index (χ2n) is 7.53. The fourth-order valence-corrected chi connectivity index (χ4v) is 4.36. The highest BCUT2D eigenvalue weighted by atomic mass is 16.3. The van der Waals surface area contributed by atoms with Crippen molar-refractivity contribution in [3.63, 3.8) is 0 Å². The largest absolute Gasteiger partial charge is 0.395 e. The standard InChI is InChI=1S/C17H35N5O/c1-19-4-6-21(7-5-19)15-16-2-3-18-14-17(16)22-10-8-20(9-11-22)12-13-23/h16-18,23H,2-15H2,1H3. The molecule has 134 valence electrons. The molecular weight excluding hydrogens is 290 g/mol. The van der Waals surface area contributed by atoms with E-state index in [0.29, 0.717) is 6.04 Å². The molecule has 6 nitrogen and oxygen atoms in total. The van der Waals surface area contributed by atoms with Gasteiger partial charge in [-0.2, -0.15) is 0 Å². The molecule has 2 atom stereocenters. The summed E-state index contributed by atoms with van der Waals surface area (Å²) in [6.45, 7) is 14.2. The maximum absolute atomic E-state index is 9.10. The third-order valence-electron chi connectivity index (χ3n) is 5.97. The lowest BCUT2D eigenvalue weighted by molar-refractivity contribution is 0.0323. The Kier molecular flexibility index (Phi) is 6.68. The zero-order valence-corrected chi connectivity index (χ0v) is 14.8. The fraction of sp³-hybridized carbons (Fsp3) is 1.00. The third-order valence-corrected chi connectivity index (χ3v) is 5.97. The van der Waals surface area contributed by atoms with Crippen LogP contribution in [0.5, 0.6) is 0 Å². The Labute approximate surface area is 141 Å². The van der Waals surface area contributed by atoms with Gasteiger partial charge in [0.15, 0.2) is 0 Å². The predicted molar refractivity (Wildman–Crippen MR) is 93.8 cm³/mol. The van der Waals surface area contributed by atoms with Crippen LogP contribution in [0.1, 0.15) is 6.42 Å². The predicted octanol–water partition coefficient (Wildman–Crippen LogP) is -1.18. The van der Waals surface area contributed by atoms with Crippen LogP contribution in [0.15, 0.2) is 0 Å². The average Bonchev–Trinajstić information content (AvgIpc) is 2.59. The van der Waals surface area contributed by atoms with Crippen LogP contribution in [0.4, 0.5) is 0 Å². The highest BCUT2D eigenvalue weighted by Crippen LogP contribution is 2.21. The van der Waals surface area contributed by atoms with Gasteiger partial charge < -0.3 is 20.2 Å². The number of aliphatic hydroxyl groups excluding tert-OH is 1. The second-order valence-corrected chi connectivity index (χ2v) is 7.53. The van der Waals surface area contributed by atoms with Gasteiger partial charge in [0, 0.05) is 78.0 Å². The zero-order chi connectivity index (χ0) is 16.1. The Hall–Kier alpha value is -0.240. The number of likely N-dealkylation sites (N-methyl/N-ethyl adjacent to an activating group) is 1. The van der Waals surface area contributed by atoms with Crippen LogP contribution >= 0.6 is 0 Å². The van der Waals surface area contributed by atoms with Crippen molar-refractivity contribution < 1.29 is 5.11 Å². The van der Waals surface area contributed by atoms with E-state index < -0.39 is 0 Å². The molecule has 6 heteroatoms. The Morgan fingerprint density at radius 3 is 2.35 bits per heavy atom. The van der Waals surface area contributed by atoms with Crippen molar-refractivity contribution >= 4 is 0 Å². The van der Waals surface area contributed by atoms with Gasteiger partial charge in [0.2, 0.25) is 0 Å². The van der Waals surface area contributed by atoms with Crippen LogP contribution in [0, 0.1) is 5.92 Å². The summed E-state index contributed by atoms with van der Waals surface area (Å²) in [5.41, 5.74) is 0. The number of rotatable bonds is 5. The zero-order valence-electron chi connectivity index (χ0n) is 14.8. The van der Waals surface area contributed by atoms with Crippen LogP contribution in [0.3, 0.4) is 0 Å². The van der Waals surface area contributed by atoms with E-state index in [2.05, 4.69) is 32.0 Å². The van der Waals surface area contributed by atoms with Crippen molar-refractivity contribution in [3.05, 3.63) is 0 Å². The fourth-order valence-electron chi connectivity index (χ4n) is 4.36. The minimum Gasteiger partial charge on any atom is -0.395 e. The molecule has 0 bridgehead atoms. The number of piperazine rings is 2. The molecule has 0 aromatic carbocycles. The van der Waals surface area contributed by atoms with E-state index >= 15 is 0 Å². The topological polar surface area (TPSA) is 45.2 Å². The SMILES string of the molecule is CN1CCN(CC2CCNCC2N2CCN(CCO)CC2)CC1. The summed E-state index contributed by atoms with van der Waals surface area (Å²) in [6.07, 6.45) is 1.31. The van der Waals surface area contributed by atoms with Gasteiger partial charge in [-0.05, 0) is 25.9 Å². The van der Waals surface area contributed by atoms with Crippen molar-refractivity contribution in [2.45, 2.75) is 12.5 Å². The van der Waals surface area contributed by atoms with E-state index in [0.717, 1.165) is 45.2 Å². The molecule has 0 spiro atoms.